The summed E-state index contributed by atoms with van der Waals surface area (Å²) in [7, 11) is 3.30. The number of rotatable bonds is 4. The van der Waals surface area contributed by atoms with E-state index < -0.39 is 0 Å². The van der Waals surface area contributed by atoms with Gasteiger partial charge in [0.2, 0.25) is 0 Å². The summed E-state index contributed by atoms with van der Waals surface area (Å²) < 4.78 is 5.53. The summed E-state index contributed by atoms with van der Waals surface area (Å²) >= 11 is 0. The number of methoxy groups -OCH3 is 1. The van der Waals surface area contributed by atoms with Gasteiger partial charge < -0.3 is 14.7 Å². The molecule has 122 valence electrons. The minimum absolute atomic E-state index is 0.0187. The molecule has 4 heteroatoms. The van der Waals surface area contributed by atoms with E-state index >= 15 is 0 Å². The van der Waals surface area contributed by atoms with Crippen molar-refractivity contribution in [2.75, 3.05) is 19.1 Å². The lowest BCUT2D eigenvalue weighted by molar-refractivity contribution is 0.0989. The van der Waals surface area contributed by atoms with Gasteiger partial charge in [-0.25, -0.2) is 0 Å². The molecule has 1 amide bonds. The summed E-state index contributed by atoms with van der Waals surface area (Å²) in [5.74, 6) is 0.410. The summed E-state index contributed by atoms with van der Waals surface area (Å²) in [4.78, 5) is 14.3. The van der Waals surface area contributed by atoms with Crippen LogP contribution in [0.3, 0.4) is 0 Å². The molecule has 0 radical (unpaired) electrons. The molecular formula is C19H23NO3. The molecule has 0 spiro atoms. The number of phenols is 1. The maximum absolute atomic E-state index is 12.8. The quantitative estimate of drug-likeness (QED) is 0.932. The lowest BCUT2D eigenvalue weighted by Crippen LogP contribution is -2.27. The fourth-order valence-electron chi connectivity index (χ4n) is 2.69. The molecule has 0 atom stereocenters. The first-order valence-electron chi connectivity index (χ1n) is 7.64. The molecule has 0 aliphatic carbocycles. The Hall–Kier alpha value is -2.49. The number of carbonyl (C=O) groups excluding carboxylic acids is 1. The summed E-state index contributed by atoms with van der Waals surface area (Å²) in [5.41, 5.74) is 4.02. The van der Waals surface area contributed by atoms with Crippen molar-refractivity contribution in [2.45, 2.75) is 27.2 Å². The van der Waals surface area contributed by atoms with Gasteiger partial charge in [0, 0.05) is 7.05 Å². The average Bonchev–Trinajstić information content (AvgIpc) is 2.54. The molecule has 0 saturated carbocycles. The van der Waals surface area contributed by atoms with Crippen molar-refractivity contribution in [2.24, 2.45) is 0 Å². The fourth-order valence-corrected chi connectivity index (χ4v) is 2.69. The molecule has 4 nitrogen and oxygen atoms in total. The molecule has 0 aliphatic heterocycles. The largest absolute Gasteiger partial charge is 0.507 e. The lowest BCUT2D eigenvalue weighted by Gasteiger charge is -2.23. The maximum Gasteiger partial charge on any atom is 0.261 e. The number of hydrogen-bond donors (Lipinski definition) is 1. The highest BCUT2D eigenvalue weighted by atomic mass is 16.5. The first-order valence-corrected chi connectivity index (χ1v) is 7.64. The Morgan fingerprint density at radius 1 is 1.17 bits per heavy atom. The third-order valence-electron chi connectivity index (χ3n) is 3.92. The molecule has 0 aliphatic rings. The standard InChI is InChI=1S/C19H23NO3/c1-6-14-9-13(3)11-16(18(14)23-5)20(4)19(22)15-10-12(2)7-8-17(15)21/h7-11,21H,6H2,1-5H3. The molecular weight excluding hydrogens is 290 g/mol. The van der Waals surface area contributed by atoms with Gasteiger partial charge in [-0.3, -0.25) is 4.79 Å². The number of carbonyl (C=O) groups is 1. The Morgan fingerprint density at radius 2 is 1.87 bits per heavy atom. The number of aromatic hydroxyl groups is 1. The summed E-state index contributed by atoms with van der Waals surface area (Å²) in [6.07, 6.45) is 0.815. The Kier molecular flexibility index (Phi) is 4.94. The summed E-state index contributed by atoms with van der Waals surface area (Å²) in [6.45, 7) is 5.93. The number of anilines is 1. The molecule has 2 aromatic carbocycles. The second kappa shape index (κ2) is 6.73. The Balaban J connectivity index is 2.51. The van der Waals surface area contributed by atoms with Gasteiger partial charge in [-0.15, -0.1) is 0 Å². The number of amides is 1. The summed E-state index contributed by atoms with van der Waals surface area (Å²) in [5, 5.41) is 10.0. The fraction of sp³-hybridized carbons (Fsp3) is 0.316. The monoisotopic (exact) mass is 313 g/mol. The number of benzene rings is 2. The van der Waals surface area contributed by atoms with Crippen LogP contribution in [0, 0.1) is 13.8 Å². The van der Waals surface area contributed by atoms with Gasteiger partial charge in [0.05, 0.1) is 18.4 Å². The van der Waals surface area contributed by atoms with Crippen LogP contribution in [0.5, 0.6) is 11.5 Å². The molecule has 0 fully saturated rings. The van der Waals surface area contributed by atoms with Crippen molar-refractivity contribution < 1.29 is 14.6 Å². The average molecular weight is 313 g/mol. The molecule has 2 aromatic rings. The van der Waals surface area contributed by atoms with E-state index in [4.69, 9.17) is 4.74 Å². The van der Waals surface area contributed by atoms with E-state index in [2.05, 4.69) is 13.0 Å². The van der Waals surface area contributed by atoms with Crippen molar-refractivity contribution in [1.82, 2.24) is 0 Å². The van der Waals surface area contributed by atoms with Crippen LogP contribution >= 0.6 is 0 Å². The van der Waals surface area contributed by atoms with E-state index in [0.29, 0.717) is 11.4 Å². The first kappa shape index (κ1) is 16.9. The lowest BCUT2D eigenvalue weighted by atomic mass is 10.0. The number of phenolic OH excluding ortho intramolecular Hbond substituents is 1. The predicted molar refractivity (Wildman–Crippen MR) is 92.7 cm³/mol. The van der Waals surface area contributed by atoms with Crippen molar-refractivity contribution in [3.05, 3.63) is 52.6 Å². The molecule has 0 aromatic heterocycles. The zero-order valence-electron chi connectivity index (χ0n) is 14.3. The van der Waals surface area contributed by atoms with Crippen LogP contribution in [0.1, 0.15) is 34.0 Å². The third kappa shape index (κ3) is 3.31. The molecule has 0 bridgehead atoms. The van der Waals surface area contributed by atoms with Crippen molar-refractivity contribution >= 4 is 11.6 Å². The highest BCUT2D eigenvalue weighted by molar-refractivity contribution is 6.08. The van der Waals surface area contributed by atoms with E-state index in [9.17, 15) is 9.90 Å². The zero-order chi connectivity index (χ0) is 17.1. The van der Waals surface area contributed by atoms with Crippen LogP contribution < -0.4 is 9.64 Å². The van der Waals surface area contributed by atoms with Gasteiger partial charge >= 0.3 is 0 Å². The second-order valence-corrected chi connectivity index (χ2v) is 5.71. The number of aryl methyl sites for hydroxylation is 3. The van der Waals surface area contributed by atoms with E-state index in [1.54, 1.807) is 32.4 Å². The SMILES string of the molecule is CCc1cc(C)cc(N(C)C(=O)c2cc(C)ccc2O)c1OC. The number of nitrogens with zero attached hydrogens (tertiary/aromatic N) is 1. The van der Waals surface area contributed by atoms with Gasteiger partial charge in [0.1, 0.15) is 11.5 Å². The minimum atomic E-state index is -0.267. The number of hydrogen-bond acceptors (Lipinski definition) is 3. The van der Waals surface area contributed by atoms with E-state index in [1.807, 2.05) is 19.9 Å². The first-order chi connectivity index (χ1) is 10.9. The predicted octanol–water partition coefficient (Wildman–Crippen LogP) is 3.86. The van der Waals surface area contributed by atoms with Gasteiger partial charge in [0.15, 0.2) is 0 Å². The van der Waals surface area contributed by atoms with Gasteiger partial charge in [-0.1, -0.05) is 24.6 Å². The molecule has 0 unspecified atom stereocenters. The second-order valence-electron chi connectivity index (χ2n) is 5.71. The molecule has 0 saturated heterocycles. The Bertz CT molecular complexity index is 738. The highest BCUT2D eigenvalue weighted by Gasteiger charge is 2.21. The normalized spacial score (nSPS) is 10.5. The van der Waals surface area contributed by atoms with Gasteiger partial charge in [-0.05, 0) is 49.6 Å². The van der Waals surface area contributed by atoms with Crippen LogP contribution in [0.4, 0.5) is 5.69 Å². The minimum Gasteiger partial charge on any atom is -0.507 e. The zero-order valence-corrected chi connectivity index (χ0v) is 14.3. The molecule has 2 rings (SSSR count). The molecule has 23 heavy (non-hydrogen) atoms. The van der Waals surface area contributed by atoms with Crippen LogP contribution in [-0.4, -0.2) is 25.2 Å². The Labute approximate surface area is 137 Å². The van der Waals surface area contributed by atoms with Gasteiger partial charge in [0.25, 0.3) is 5.91 Å². The topological polar surface area (TPSA) is 49.8 Å². The van der Waals surface area contributed by atoms with E-state index in [1.165, 1.54) is 4.90 Å². The Morgan fingerprint density at radius 3 is 2.48 bits per heavy atom. The van der Waals surface area contributed by atoms with Crippen LogP contribution in [-0.2, 0) is 6.42 Å². The highest BCUT2D eigenvalue weighted by Crippen LogP contribution is 2.34. The van der Waals surface area contributed by atoms with Crippen LogP contribution in [0.15, 0.2) is 30.3 Å². The molecule has 1 N–H and O–H groups in total. The van der Waals surface area contributed by atoms with Gasteiger partial charge in [-0.2, -0.15) is 0 Å². The van der Waals surface area contributed by atoms with Crippen molar-refractivity contribution in [3.8, 4) is 11.5 Å². The van der Waals surface area contributed by atoms with E-state index in [-0.39, 0.29) is 17.2 Å². The smallest absolute Gasteiger partial charge is 0.261 e. The number of ether oxygens (including phenoxy) is 1. The van der Waals surface area contributed by atoms with Crippen molar-refractivity contribution in [3.63, 3.8) is 0 Å². The van der Waals surface area contributed by atoms with Crippen LogP contribution in [0.2, 0.25) is 0 Å². The van der Waals surface area contributed by atoms with Crippen LogP contribution in [0.25, 0.3) is 0 Å². The third-order valence-corrected chi connectivity index (χ3v) is 3.92. The maximum atomic E-state index is 12.8. The van der Waals surface area contributed by atoms with Crippen molar-refractivity contribution in [1.29, 1.82) is 0 Å². The van der Waals surface area contributed by atoms with E-state index in [0.717, 1.165) is 23.1 Å². The molecule has 0 heterocycles. The summed E-state index contributed by atoms with van der Waals surface area (Å²) in [6, 6.07) is 8.99.